The molecule has 4 fully saturated rings. The number of aromatic hydroxyl groups is 1. The van der Waals surface area contributed by atoms with Crippen LogP contribution in [0.4, 0.5) is 17.2 Å². The Balaban J connectivity index is 0.869. The van der Waals surface area contributed by atoms with E-state index in [4.69, 9.17) is 10.5 Å². The lowest BCUT2D eigenvalue weighted by Crippen LogP contribution is -2.67. The van der Waals surface area contributed by atoms with Crippen LogP contribution in [0.1, 0.15) is 55.6 Å². The Morgan fingerprint density at radius 2 is 1.69 bits per heavy atom. The second-order valence-electron chi connectivity index (χ2n) is 14.6. The summed E-state index contributed by atoms with van der Waals surface area (Å²) in [5.74, 6) is 0.582. The van der Waals surface area contributed by atoms with E-state index in [1.165, 1.54) is 16.8 Å². The number of ether oxygens (including phenoxy) is 1. The summed E-state index contributed by atoms with van der Waals surface area (Å²) in [6.07, 6.45) is 10.4. The number of phenols is 1. The molecule has 0 unspecified atom stereocenters. The predicted molar refractivity (Wildman–Crippen MR) is 192 cm³/mol. The highest BCUT2D eigenvalue weighted by molar-refractivity contribution is 6.02. The second kappa shape index (κ2) is 13.0. The molecule has 13 heteroatoms. The monoisotopic (exact) mass is 689 g/mol. The second-order valence-corrected chi connectivity index (χ2v) is 14.6. The first-order valence-corrected chi connectivity index (χ1v) is 18.2. The minimum absolute atomic E-state index is 0.130. The number of amides is 2. The van der Waals surface area contributed by atoms with Gasteiger partial charge in [-0.3, -0.25) is 19.8 Å². The van der Waals surface area contributed by atoms with Gasteiger partial charge in [0.25, 0.3) is 0 Å². The van der Waals surface area contributed by atoms with Gasteiger partial charge in [-0.2, -0.15) is 5.10 Å². The quantitative estimate of drug-likeness (QED) is 0.255. The first kappa shape index (κ1) is 31.9. The molecule has 13 nitrogen and oxygen atoms in total. The Kier molecular flexibility index (Phi) is 8.11. The topological polar surface area (TPSA) is 155 Å². The first-order valence-electron chi connectivity index (χ1n) is 18.2. The molecule has 0 spiro atoms. The van der Waals surface area contributed by atoms with Crippen LogP contribution in [-0.4, -0.2) is 98.8 Å². The number of aromatic nitrogens is 4. The minimum atomic E-state index is -0.266. The SMILES string of the molecule is Nc1nnc(-c2ccccc2O)cc1-n1cc(N2C[C@H]3COC[C@@H](C2)N3C2CCC(c3cccc4c3CCN4[C@H]3CCC(=O)NC3=O)CC2)cn1. The highest BCUT2D eigenvalue weighted by Gasteiger charge is 2.44. The number of para-hydroxylation sites is 1. The molecule has 4 N–H and O–H groups in total. The maximum atomic E-state index is 12.7. The van der Waals surface area contributed by atoms with Gasteiger partial charge < -0.3 is 25.4 Å². The first-order chi connectivity index (χ1) is 24.9. The molecule has 9 rings (SSSR count). The minimum Gasteiger partial charge on any atom is -0.507 e. The number of hydrogen-bond acceptors (Lipinski definition) is 11. The summed E-state index contributed by atoms with van der Waals surface area (Å²) in [5, 5.41) is 25.9. The average Bonchev–Trinajstić information content (AvgIpc) is 3.80. The molecule has 0 radical (unpaired) electrons. The van der Waals surface area contributed by atoms with Crippen molar-refractivity contribution in [3.8, 4) is 22.7 Å². The molecule has 1 aliphatic carbocycles. The van der Waals surface area contributed by atoms with E-state index in [2.05, 4.69) is 53.5 Å². The number of carbonyl (C=O) groups excluding carboxylic acids is 2. The molecule has 6 heterocycles. The number of nitrogen functional groups attached to an aromatic ring is 1. The Bertz CT molecular complexity index is 1960. The van der Waals surface area contributed by atoms with Crippen LogP contribution in [0.3, 0.4) is 0 Å². The molecule has 2 aromatic carbocycles. The van der Waals surface area contributed by atoms with E-state index in [0.717, 1.165) is 57.4 Å². The summed E-state index contributed by atoms with van der Waals surface area (Å²) >= 11 is 0. The van der Waals surface area contributed by atoms with E-state index in [0.29, 0.717) is 67.0 Å². The Hall–Kier alpha value is -5.01. The number of morpholine rings is 1. The molecule has 5 aliphatic rings. The van der Waals surface area contributed by atoms with Gasteiger partial charge in [-0.05, 0) is 79.8 Å². The fourth-order valence-corrected chi connectivity index (χ4v) is 9.36. The lowest BCUT2D eigenvalue weighted by molar-refractivity contribution is -0.134. The molecular formula is C38H43N9O4. The van der Waals surface area contributed by atoms with Crippen molar-refractivity contribution in [1.82, 2.24) is 30.2 Å². The smallest absolute Gasteiger partial charge is 0.249 e. The van der Waals surface area contributed by atoms with Crippen molar-refractivity contribution in [1.29, 1.82) is 0 Å². The van der Waals surface area contributed by atoms with E-state index in [1.54, 1.807) is 22.9 Å². The number of imide groups is 1. The molecule has 51 heavy (non-hydrogen) atoms. The van der Waals surface area contributed by atoms with Gasteiger partial charge >= 0.3 is 0 Å². The van der Waals surface area contributed by atoms with Gasteiger partial charge in [0.2, 0.25) is 11.8 Å². The zero-order chi connectivity index (χ0) is 34.6. The molecular weight excluding hydrogens is 646 g/mol. The largest absolute Gasteiger partial charge is 0.507 e. The summed E-state index contributed by atoms with van der Waals surface area (Å²) in [7, 11) is 0. The van der Waals surface area contributed by atoms with Crippen LogP contribution in [0.5, 0.6) is 5.75 Å². The van der Waals surface area contributed by atoms with Crippen LogP contribution in [0.25, 0.3) is 16.9 Å². The normalized spacial score (nSPS) is 26.6. The Morgan fingerprint density at radius 3 is 2.47 bits per heavy atom. The predicted octanol–water partition coefficient (Wildman–Crippen LogP) is 3.40. The van der Waals surface area contributed by atoms with Crippen molar-refractivity contribution in [2.75, 3.05) is 48.4 Å². The third-order valence-electron chi connectivity index (χ3n) is 11.7. The third-order valence-corrected chi connectivity index (χ3v) is 11.7. The van der Waals surface area contributed by atoms with E-state index in [-0.39, 0.29) is 29.4 Å². The zero-order valence-corrected chi connectivity index (χ0v) is 28.5. The number of anilines is 3. The number of phenolic OH excluding ortho intramolecular Hbond substituents is 1. The van der Waals surface area contributed by atoms with Crippen LogP contribution in [-0.2, 0) is 20.7 Å². The summed E-state index contributed by atoms with van der Waals surface area (Å²) in [4.78, 5) is 31.9. The Morgan fingerprint density at radius 1 is 0.882 bits per heavy atom. The molecule has 4 aromatic rings. The maximum Gasteiger partial charge on any atom is 0.249 e. The van der Waals surface area contributed by atoms with Gasteiger partial charge in [-0.15, -0.1) is 10.2 Å². The molecule has 2 bridgehead atoms. The van der Waals surface area contributed by atoms with Gasteiger partial charge in [0, 0.05) is 43.3 Å². The van der Waals surface area contributed by atoms with Crippen molar-refractivity contribution in [2.24, 2.45) is 0 Å². The molecule has 4 aliphatic heterocycles. The van der Waals surface area contributed by atoms with Crippen molar-refractivity contribution < 1.29 is 19.4 Å². The molecule has 1 saturated carbocycles. The van der Waals surface area contributed by atoms with Crippen LogP contribution in [0.15, 0.2) is 60.9 Å². The standard InChI is InChI=1S/C38H43N9O4/c39-37-34(16-31(42-43-37)30-4-1-2-7-35(30)48)46-20-25(17-40-46)44-18-26-21-51-22-27(19-44)47(26)24-10-8-23(9-11-24)28-5-3-6-32-29(28)14-15-45(32)33-12-13-36(49)41-38(33)50/h1-7,16-17,20,23-24,26-27,33,48H,8-15,18-19,21-22H2,(H2,39,43)(H,41,49,50)/t23?,24?,26-,27+,33-/m0/s1. The number of nitrogens with one attached hydrogen (secondary N) is 1. The van der Waals surface area contributed by atoms with Gasteiger partial charge in [0.15, 0.2) is 5.82 Å². The van der Waals surface area contributed by atoms with E-state index in [9.17, 15) is 14.7 Å². The fraction of sp³-hybridized carbons (Fsp3) is 0.447. The molecule has 2 aromatic heterocycles. The lowest BCUT2D eigenvalue weighted by atomic mass is 9.78. The van der Waals surface area contributed by atoms with Crippen molar-refractivity contribution in [3.05, 3.63) is 72.1 Å². The summed E-state index contributed by atoms with van der Waals surface area (Å²) < 4.78 is 7.86. The van der Waals surface area contributed by atoms with Gasteiger partial charge in [-0.25, -0.2) is 4.68 Å². The lowest BCUT2D eigenvalue weighted by Gasteiger charge is -2.54. The molecule has 2 amide bonds. The summed E-state index contributed by atoms with van der Waals surface area (Å²) in [6, 6.07) is 16.3. The zero-order valence-electron chi connectivity index (χ0n) is 28.5. The number of nitrogens with two attached hydrogens (primary N) is 1. The third kappa shape index (κ3) is 5.78. The fourth-order valence-electron chi connectivity index (χ4n) is 9.36. The van der Waals surface area contributed by atoms with Crippen LogP contribution in [0, 0.1) is 0 Å². The average molecular weight is 690 g/mol. The van der Waals surface area contributed by atoms with E-state index >= 15 is 0 Å². The van der Waals surface area contributed by atoms with Gasteiger partial charge in [0.05, 0.1) is 49.1 Å². The van der Waals surface area contributed by atoms with Crippen LogP contribution >= 0.6 is 0 Å². The summed E-state index contributed by atoms with van der Waals surface area (Å²) in [5.41, 5.74) is 13.0. The van der Waals surface area contributed by atoms with Crippen LogP contribution in [0.2, 0.25) is 0 Å². The van der Waals surface area contributed by atoms with Crippen molar-refractivity contribution in [2.45, 2.75) is 75.0 Å². The molecule has 3 saturated heterocycles. The number of fused-ring (bicyclic) bond motifs is 3. The molecule has 264 valence electrons. The van der Waals surface area contributed by atoms with Crippen molar-refractivity contribution in [3.63, 3.8) is 0 Å². The highest BCUT2D eigenvalue weighted by Crippen LogP contribution is 2.43. The summed E-state index contributed by atoms with van der Waals surface area (Å²) in [6.45, 7) is 3.98. The van der Waals surface area contributed by atoms with Gasteiger partial charge in [0.1, 0.15) is 17.5 Å². The Labute approximate surface area is 296 Å². The van der Waals surface area contributed by atoms with Crippen LogP contribution < -0.4 is 20.9 Å². The number of piperazine rings is 1. The molecule has 3 atom stereocenters. The number of rotatable bonds is 6. The highest BCUT2D eigenvalue weighted by atomic mass is 16.5. The number of piperidine rings is 1. The van der Waals surface area contributed by atoms with Crippen molar-refractivity contribution >= 4 is 29.0 Å². The number of nitrogens with zero attached hydrogens (tertiary/aromatic N) is 7. The number of carbonyl (C=O) groups is 2. The number of benzene rings is 2. The van der Waals surface area contributed by atoms with Gasteiger partial charge in [-0.1, -0.05) is 24.3 Å². The number of hydrogen-bond donors (Lipinski definition) is 3. The van der Waals surface area contributed by atoms with E-state index in [1.807, 2.05) is 24.5 Å². The maximum absolute atomic E-state index is 12.7. The van der Waals surface area contributed by atoms with E-state index < -0.39 is 0 Å².